The molecule has 0 aliphatic carbocycles. The second-order valence-corrected chi connectivity index (χ2v) is 19.2. The van der Waals surface area contributed by atoms with Gasteiger partial charge in [0, 0.05) is 0 Å². The number of hydrogen-bond acceptors (Lipinski definition) is 1. The monoisotopic (exact) mass is 424 g/mol. The minimum Gasteiger partial charge on any atom is -0.403 e. The molecule has 0 saturated carbocycles. The summed E-state index contributed by atoms with van der Waals surface area (Å²) in [7, 11) is -3.71. The molecule has 0 bridgehead atoms. The zero-order chi connectivity index (χ0) is 21.5. The highest BCUT2D eigenvalue weighted by atomic mass is 28.4. The summed E-state index contributed by atoms with van der Waals surface area (Å²) in [5.41, 5.74) is 1.29. The highest BCUT2D eigenvalue weighted by Crippen LogP contribution is 2.37. The number of rotatable bonds is 10. The lowest BCUT2D eigenvalue weighted by atomic mass is 10.2. The second-order valence-electron chi connectivity index (χ2n) is 9.44. The predicted octanol–water partition coefficient (Wildman–Crippen LogP) is 6.63. The third kappa shape index (κ3) is 5.20. The molecule has 0 saturated heterocycles. The van der Waals surface area contributed by atoms with Crippen LogP contribution in [0.1, 0.15) is 41.5 Å². The van der Waals surface area contributed by atoms with Crippen LogP contribution in [0, 0.1) is 0 Å². The van der Waals surface area contributed by atoms with Crippen LogP contribution in [0.3, 0.4) is 0 Å². The first-order valence-corrected chi connectivity index (χ1v) is 15.9. The van der Waals surface area contributed by atoms with Crippen molar-refractivity contribution in [2.24, 2.45) is 0 Å². The summed E-state index contributed by atoms with van der Waals surface area (Å²) in [6.07, 6.45) is 0. The summed E-state index contributed by atoms with van der Waals surface area (Å²) in [4.78, 5) is 0. The van der Waals surface area contributed by atoms with Gasteiger partial charge in [-0.3, -0.25) is 0 Å². The van der Waals surface area contributed by atoms with Gasteiger partial charge in [0.1, 0.15) is 0 Å². The fourth-order valence-electron chi connectivity index (χ4n) is 4.68. The summed E-state index contributed by atoms with van der Waals surface area (Å²) in [6, 6.07) is 27.0. The van der Waals surface area contributed by atoms with Crippen molar-refractivity contribution in [3.8, 4) is 0 Å². The molecule has 158 valence electrons. The van der Waals surface area contributed by atoms with Gasteiger partial charge < -0.3 is 4.43 Å². The molecule has 0 aromatic heterocycles. The molecule has 2 aromatic carbocycles. The third-order valence-corrected chi connectivity index (χ3v) is 17.5. The predicted molar refractivity (Wildman–Crippen MR) is 135 cm³/mol. The lowest BCUT2D eigenvalue weighted by Gasteiger charge is -2.43. The fourth-order valence-corrected chi connectivity index (χ4v) is 12.7. The van der Waals surface area contributed by atoms with Crippen LogP contribution >= 0.6 is 0 Å². The molecule has 0 spiro atoms. The molecule has 2 rings (SSSR count). The standard InChI is InChI=1S/C26H40OSi2/c1-8-28(9-2,10-3)22-23(4)21-27-29(26(5,6)7,24-17-13-11-14-18-24)25-19-15-12-16-20-25/h11-20H,4,8-10,21-22H2,1-3,5-7H3. The van der Waals surface area contributed by atoms with Crippen LogP contribution in [0.25, 0.3) is 0 Å². The van der Waals surface area contributed by atoms with Gasteiger partial charge in [-0.25, -0.2) is 0 Å². The van der Waals surface area contributed by atoms with Gasteiger partial charge in [0.05, 0.1) is 14.7 Å². The van der Waals surface area contributed by atoms with Crippen LogP contribution in [0.2, 0.25) is 29.2 Å². The molecule has 1 nitrogen and oxygen atoms in total. The first-order chi connectivity index (χ1) is 13.7. The summed E-state index contributed by atoms with van der Waals surface area (Å²) >= 11 is 0. The fraction of sp³-hybridized carbons (Fsp3) is 0.462. The molecule has 0 N–H and O–H groups in total. The van der Waals surface area contributed by atoms with E-state index in [1.165, 1.54) is 40.1 Å². The molecule has 0 aliphatic heterocycles. The largest absolute Gasteiger partial charge is 0.403 e. The van der Waals surface area contributed by atoms with Gasteiger partial charge in [0.15, 0.2) is 0 Å². The van der Waals surface area contributed by atoms with Crippen molar-refractivity contribution < 1.29 is 4.43 Å². The van der Waals surface area contributed by atoms with Crippen LogP contribution < -0.4 is 10.4 Å². The summed E-state index contributed by atoms with van der Waals surface area (Å²) in [6.45, 7) is 19.3. The van der Waals surface area contributed by atoms with Gasteiger partial charge in [-0.1, -0.05) is 132 Å². The minimum absolute atomic E-state index is 0.0186. The highest BCUT2D eigenvalue weighted by molar-refractivity contribution is 6.99. The maximum atomic E-state index is 7.07. The van der Waals surface area contributed by atoms with Crippen molar-refractivity contribution in [1.29, 1.82) is 0 Å². The molecule has 0 aliphatic rings. The van der Waals surface area contributed by atoms with E-state index in [9.17, 15) is 0 Å². The van der Waals surface area contributed by atoms with E-state index in [2.05, 4.69) is 109 Å². The van der Waals surface area contributed by atoms with Gasteiger partial charge >= 0.3 is 0 Å². The lowest BCUT2D eigenvalue weighted by molar-refractivity contribution is 0.330. The topological polar surface area (TPSA) is 9.23 Å². The first-order valence-electron chi connectivity index (χ1n) is 11.2. The molecule has 29 heavy (non-hydrogen) atoms. The SMILES string of the molecule is C=C(CO[Si](c1ccccc1)(c1ccccc1)C(C)(C)C)C[Si](CC)(CC)CC. The second kappa shape index (κ2) is 10.1. The van der Waals surface area contributed by atoms with Gasteiger partial charge in [0.2, 0.25) is 0 Å². The molecule has 2 aromatic rings. The minimum atomic E-state index is -2.46. The van der Waals surface area contributed by atoms with Gasteiger partial charge in [0.25, 0.3) is 8.32 Å². The van der Waals surface area contributed by atoms with E-state index in [-0.39, 0.29) is 5.04 Å². The molecule has 0 unspecified atom stereocenters. The van der Waals surface area contributed by atoms with E-state index in [1.54, 1.807) is 0 Å². The van der Waals surface area contributed by atoms with E-state index in [0.29, 0.717) is 6.61 Å². The Bertz CT molecular complexity index is 711. The van der Waals surface area contributed by atoms with Crippen LogP contribution in [0.4, 0.5) is 0 Å². The van der Waals surface area contributed by atoms with Crippen molar-refractivity contribution in [2.45, 2.75) is 70.8 Å². The molecule has 0 atom stereocenters. The van der Waals surface area contributed by atoms with Crippen LogP contribution in [-0.4, -0.2) is 23.0 Å². The van der Waals surface area contributed by atoms with Crippen LogP contribution in [-0.2, 0) is 4.43 Å². The molecular formula is C26H40OSi2. The molecule has 0 heterocycles. The maximum Gasteiger partial charge on any atom is 0.261 e. The van der Waals surface area contributed by atoms with E-state index in [1.807, 2.05) is 0 Å². The zero-order valence-electron chi connectivity index (χ0n) is 19.4. The van der Waals surface area contributed by atoms with Gasteiger partial charge in [-0.15, -0.1) is 0 Å². The molecule has 3 heteroatoms. The highest BCUT2D eigenvalue weighted by Gasteiger charge is 2.50. The Kier molecular flexibility index (Phi) is 8.27. The smallest absolute Gasteiger partial charge is 0.261 e. The van der Waals surface area contributed by atoms with Gasteiger partial charge in [-0.05, 0) is 21.5 Å². The van der Waals surface area contributed by atoms with E-state index >= 15 is 0 Å². The summed E-state index contributed by atoms with van der Waals surface area (Å²) in [5.74, 6) is 0. The number of hydrogen-bond donors (Lipinski definition) is 0. The Balaban J connectivity index is 2.43. The molecule has 0 amide bonds. The Labute approximate surface area is 181 Å². The number of benzene rings is 2. The van der Waals surface area contributed by atoms with E-state index in [4.69, 9.17) is 4.43 Å². The summed E-state index contributed by atoms with van der Waals surface area (Å²) < 4.78 is 7.07. The Morgan fingerprint density at radius 3 is 1.55 bits per heavy atom. The van der Waals surface area contributed by atoms with Crippen molar-refractivity contribution >= 4 is 26.8 Å². The Morgan fingerprint density at radius 1 is 0.793 bits per heavy atom. The van der Waals surface area contributed by atoms with Gasteiger partial charge in [-0.2, -0.15) is 0 Å². The van der Waals surface area contributed by atoms with Crippen LogP contribution in [0.5, 0.6) is 0 Å². The first kappa shape index (κ1) is 23.8. The van der Waals surface area contributed by atoms with E-state index in [0.717, 1.165) is 0 Å². The van der Waals surface area contributed by atoms with Crippen molar-refractivity contribution in [3.63, 3.8) is 0 Å². The molecular weight excluding hydrogens is 384 g/mol. The average Bonchev–Trinajstić information content (AvgIpc) is 2.73. The third-order valence-electron chi connectivity index (χ3n) is 6.78. The zero-order valence-corrected chi connectivity index (χ0v) is 21.4. The normalized spacial score (nSPS) is 12.8. The van der Waals surface area contributed by atoms with Crippen molar-refractivity contribution in [1.82, 2.24) is 0 Å². The van der Waals surface area contributed by atoms with E-state index < -0.39 is 16.4 Å². The average molecular weight is 425 g/mol. The van der Waals surface area contributed by atoms with Crippen molar-refractivity contribution in [3.05, 3.63) is 72.8 Å². The summed E-state index contributed by atoms with van der Waals surface area (Å²) in [5, 5.41) is 2.71. The van der Waals surface area contributed by atoms with Crippen molar-refractivity contribution in [2.75, 3.05) is 6.61 Å². The quantitative estimate of drug-likeness (QED) is 0.307. The lowest BCUT2D eigenvalue weighted by Crippen LogP contribution is -2.66. The van der Waals surface area contributed by atoms with Crippen LogP contribution in [0.15, 0.2) is 72.8 Å². The molecule has 0 radical (unpaired) electrons. The maximum absolute atomic E-state index is 7.07. The Morgan fingerprint density at radius 2 is 1.21 bits per heavy atom. The Hall–Kier alpha value is -1.43. The molecule has 0 fully saturated rings.